The molecule has 7 aliphatic rings. The molecule has 6 amide bonds. The van der Waals surface area contributed by atoms with Gasteiger partial charge in [-0.25, -0.2) is 14.8 Å². The number of benzene rings is 3. The Labute approximate surface area is 468 Å². The molecule has 1 saturated heterocycles. The Bertz CT molecular complexity index is 3340. The van der Waals surface area contributed by atoms with Crippen LogP contribution in [0.1, 0.15) is 161 Å². The highest BCUT2D eigenvalue weighted by molar-refractivity contribution is 7.22. The molecule has 2 aromatic heterocycles. The molecule has 4 bridgehead atoms. The number of carboxylic acid groups (broad SMARTS) is 1. The first-order valence-electron chi connectivity index (χ1n) is 28.3. The fraction of sp³-hybridized carbons (Fsp3) is 0.443. The van der Waals surface area contributed by atoms with Crippen LogP contribution in [0.15, 0.2) is 78.5 Å². The number of carbonyl (C=O) groups is 7. The first-order chi connectivity index (χ1) is 38.7. The van der Waals surface area contributed by atoms with E-state index in [0.717, 1.165) is 110 Å². The van der Waals surface area contributed by atoms with Crippen molar-refractivity contribution in [3.8, 4) is 0 Å². The van der Waals surface area contributed by atoms with Crippen molar-refractivity contribution < 1.29 is 38.7 Å². The van der Waals surface area contributed by atoms with Gasteiger partial charge in [0.15, 0.2) is 10.8 Å². The lowest BCUT2D eigenvalue weighted by Crippen LogP contribution is -2.54. The summed E-state index contributed by atoms with van der Waals surface area (Å²) in [6.07, 6.45) is 15.1. The van der Waals surface area contributed by atoms with E-state index in [9.17, 15) is 38.7 Å². The number of aromatic carboxylic acids is 1. The number of thiazole rings is 1. The van der Waals surface area contributed by atoms with Gasteiger partial charge < -0.3 is 31.4 Å². The minimum absolute atomic E-state index is 0.0560. The number of para-hydroxylation sites is 1. The van der Waals surface area contributed by atoms with Gasteiger partial charge in [-0.15, -0.1) is 0 Å². The summed E-state index contributed by atoms with van der Waals surface area (Å²) in [6.45, 7) is 4.77. The van der Waals surface area contributed by atoms with Crippen molar-refractivity contribution in [1.82, 2.24) is 30.8 Å². The van der Waals surface area contributed by atoms with Crippen LogP contribution >= 0.6 is 11.3 Å². The van der Waals surface area contributed by atoms with Crippen molar-refractivity contribution in [1.29, 1.82) is 5.41 Å². The Hall–Kier alpha value is -7.80. The van der Waals surface area contributed by atoms with Crippen molar-refractivity contribution in [2.75, 3.05) is 41.7 Å². The lowest BCUT2D eigenvalue weighted by Gasteiger charge is -2.40. The molecular formula is C61H68N10O8S. The molecule has 18 nitrogen and oxygen atoms in total. The molecule has 0 spiro atoms. The molecule has 3 aliphatic heterocycles. The van der Waals surface area contributed by atoms with Crippen LogP contribution in [0.2, 0.25) is 0 Å². The highest BCUT2D eigenvalue weighted by Crippen LogP contribution is 2.70. The number of pyridine rings is 1. The number of anilines is 3. The Balaban J connectivity index is 0.622. The van der Waals surface area contributed by atoms with E-state index in [2.05, 4.69) is 31.6 Å². The van der Waals surface area contributed by atoms with Gasteiger partial charge in [0.05, 0.1) is 26.8 Å². The zero-order chi connectivity index (χ0) is 55.7. The second-order valence-electron chi connectivity index (χ2n) is 22.9. The number of unbranched alkanes of at least 4 members (excludes halogenated alkanes) is 7. The van der Waals surface area contributed by atoms with Gasteiger partial charge in [0, 0.05) is 73.4 Å². The number of carboxylic acids is 1. The number of aromatic nitrogens is 2. The van der Waals surface area contributed by atoms with E-state index in [-0.39, 0.29) is 52.3 Å². The molecule has 19 heteroatoms. The Morgan fingerprint density at radius 2 is 1.61 bits per heavy atom. The summed E-state index contributed by atoms with van der Waals surface area (Å²) in [5.74, 6) is -1.95. The molecule has 3 aromatic carbocycles. The molecule has 7 N–H and O–H groups in total. The van der Waals surface area contributed by atoms with E-state index < -0.39 is 35.6 Å². The lowest BCUT2D eigenvalue weighted by molar-refractivity contribution is -0.136. The Kier molecular flexibility index (Phi) is 15.4. The minimum atomic E-state index is -1.20. The summed E-state index contributed by atoms with van der Waals surface area (Å²) < 4.78 is 0.981. The fourth-order valence-corrected chi connectivity index (χ4v) is 14.9. The summed E-state index contributed by atoms with van der Waals surface area (Å²) in [5, 5.41) is 35.1. The third-order valence-corrected chi connectivity index (χ3v) is 18.8. The van der Waals surface area contributed by atoms with Crippen LogP contribution in [0.3, 0.4) is 0 Å². The lowest BCUT2D eigenvalue weighted by atomic mass is 9.66. The van der Waals surface area contributed by atoms with Crippen LogP contribution in [0.4, 0.5) is 16.6 Å². The number of carbonyl (C=O) groups excluding carboxylic acids is 6. The monoisotopic (exact) mass is 1100 g/mol. The molecule has 5 atom stereocenters. The van der Waals surface area contributed by atoms with E-state index in [1.54, 1.807) is 36.4 Å². The number of fused-ring (bicyclic) bond motifs is 3. The maximum atomic E-state index is 14.0. The molecular weight excluding hydrogens is 1030 g/mol. The summed E-state index contributed by atoms with van der Waals surface area (Å²) in [6, 6.07) is 21.1. The van der Waals surface area contributed by atoms with Gasteiger partial charge in [0.25, 0.3) is 17.7 Å². The zero-order valence-electron chi connectivity index (χ0n) is 45.1. The summed E-state index contributed by atoms with van der Waals surface area (Å²) in [5.41, 5.74) is 5.28. The SMILES string of the molecule is C/C(NCC12CC3CC1CC(C(=O)NCCCCCCCCCCNc1cccc4c1C(=O)N(C1CCC(=O)NC1=O)C4=O)(C3)C2)=C(/C=N)c1ccc(N2CCc3cccc(C(=O)Nc4nc5ccccc5s4)c3C2)nc1C(=O)O. The maximum Gasteiger partial charge on any atom is 0.355 e. The number of hydrogen-bond donors (Lipinski definition) is 7. The second kappa shape index (κ2) is 22.7. The normalized spacial score (nSPS) is 22.9. The molecule has 5 fully saturated rings. The topological polar surface area (TPSA) is 256 Å². The molecule has 416 valence electrons. The van der Waals surface area contributed by atoms with Gasteiger partial charge in [-0.2, -0.15) is 0 Å². The van der Waals surface area contributed by atoms with Crippen molar-refractivity contribution in [2.45, 2.75) is 122 Å². The minimum Gasteiger partial charge on any atom is -0.476 e. The van der Waals surface area contributed by atoms with Crippen molar-refractivity contribution >= 4 is 91.4 Å². The molecule has 5 heterocycles. The zero-order valence-corrected chi connectivity index (χ0v) is 45.9. The Morgan fingerprint density at radius 3 is 2.39 bits per heavy atom. The van der Waals surface area contributed by atoms with Crippen molar-refractivity contribution in [3.05, 3.63) is 118 Å². The number of imide groups is 2. The number of amides is 6. The molecule has 5 aromatic rings. The molecule has 5 unspecified atom stereocenters. The fourth-order valence-electron chi connectivity index (χ4n) is 14.1. The van der Waals surface area contributed by atoms with Crippen LogP contribution < -0.4 is 31.5 Å². The number of hydrogen-bond acceptors (Lipinski definition) is 14. The number of rotatable bonds is 23. The summed E-state index contributed by atoms with van der Waals surface area (Å²) >= 11 is 1.42. The van der Waals surface area contributed by atoms with Gasteiger partial charge in [0.1, 0.15) is 11.9 Å². The average Bonchev–Trinajstić information content (AvgIpc) is 4.33. The van der Waals surface area contributed by atoms with Gasteiger partial charge >= 0.3 is 5.97 Å². The highest BCUT2D eigenvalue weighted by Gasteiger charge is 2.66. The quantitative estimate of drug-likeness (QED) is 0.0183. The van der Waals surface area contributed by atoms with Gasteiger partial charge in [0.2, 0.25) is 17.7 Å². The van der Waals surface area contributed by atoms with Crippen LogP contribution in [-0.2, 0) is 27.3 Å². The van der Waals surface area contributed by atoms with E-state index in [4.69, 9.17) is 10.4 Å². The third-order valence-electron chi connectivity index (χ3n) is 17.8. The number of nitrogens with one attached hydrogen (secondary N) is 6. The molecule has 4 saturated carbocycles. The summed E-state index contributed by atoms with van der Waals surface area (Å²) in [4.78, 5) is 104. The van der Waals surface area contributed by atoms with Gasteiger partial charge in [-0.05, 0) is 136 Å². The standard InChI is InChI=1S/C61H68N10O8S/c1-36(43(32-62)40-20-22-49(67-52(40)57(77)78)70-27-24-38-14-12-15-41(44(38)33-70)53(73)69-59-66-45-17-8-9-19-48(45)80-59)65-35-61-30-37-28-39(61)31-60(29-37,34-61)58(79)64-26-11-7-5-3-2-4-6-10-25-63-46-18-13-16-42-51(46)56(76)71(55(42)75)47-21-23-50(72)68-54(47)74/h8-9,12-20,22,32,37,39,47,62-63,65H,2-7,10-11,21,23-31,33-35H2,1H3,(H,64,79)(H,77,78)(H,66,69,73)(H,68,72,74)/b43-36+,62-32?. The molecule has 80 heavy (non-hydrogen) atoms. The van der Waals surface area contributed by atoms with E-state index >= 15 is 0 Å². The van der Waals surface area contributed by atoms with Crippen LogP contribution in [0, 0.1) is 28.1 Å². The third kappa shape index (κ3) is 10.6. The van der Waals surface area contributed by atoms with Gasteiger partial charge in [-0.3, -0.25) is 44.3 Å². The van der Waals surface area contributed by atoms with Crippen LogP contribution in [-0.4, -0.2) is 99.8 Å². The van der Waals surface area contributed by atoms with Crippen LogP contribution in [0.25, 0.3) is 15.8 Å². The predicted octanol–water partition coefficient (Wildman–Crippen LogP) is 9.12. The first kappa shape index (κ1) is 54.2. The van der Waals surface area contributed by atoms with Crippen molar-refractivity contribution in [2.24, 2.45) is 22.7 Å². The van der Waals surface area contributed by atoms with E-state index in [0.29, 0.717) is 90.0 Å². The number of allylic oxidation sites excluding steroid dienone is 2. The number of piperidine rings is 1. The van der Waals surface area contributed by atoms with Crippen LogP contribution in [0.5, 0.6) is 0 Å². The van der Waals surface area contributed by atoms with E-state index in [1.807, 2.05) is 48.2 Å². The van der Waals surface area contributed by atoms with E-state index in [1.165, 1.54) is 17.6 Å². The van der Waals surface area contributed by atoms with Crippen molar-refractivity contribution in [3.63, 3.8) is 0 Å². The second-order valence-corrected chi connectivity index (χ2v) is 23.9. The summed E-state index contributed by atoms with van der Waals surface area (Å²) in [7, 11) is 0. The average molecular weight is 1100 g/mol. The maximum absolute atomic E-state index is 14.0. The number of nitrogens with zero attached hydrogens (tertiary/aromatic N) is 4. The smallest absolute Gasteiger partial charge is 0.355 e. The predicted molar refractivity (Wildman–Crippen MR) is 306 cm³/mol. The highest BCUT2D eigenvalue weighted by atomic mass is 32.1. The van der Waals surface area contributed by atoms with Gasteiger partial charge in [-0.1, -0.05) is 80.2 Å². The molecule has 12 rings (SSSR count). The largest absolute Gasteiger partial charge is 0.476 e. The first-order valence-corrected chi connectivity index (χ1v) is 29.2. The molecule has 4 aliphatic carbocycles. The molecule has 0 radical (unpaired) electrons. The Morgan fingerprint density at radius 1 is 0.838 bits per heavy atom.